The quantitative estimate of drug-likeness (QED) is 0.473. The number of carbonyl (C=O) groups excluding carboxylic acids is 3. The molecule has 0 aromatic heterocycles. The van der Waals surface area contributed by atoms with Crippen molar-refractivity contribution in [3.8, 4) is 0 Å². The van der Waals surface area contributed by atoms with Gasteiger partial charge in [-0.15, -0.1) is 0 Å². The van der Waals surface area contributed by atoms with Crippen molar-refractivity contribution in [2.24, 2.45) is 5.73 Å². The van der Waals surface area contributed by atoms with Gasteiger partial charge in [-0.3, -0.25) is 14.9 Å². The van der Waals surface area contributed by atoms with Crippen molar-refractivity contribution in [1.82, 2.24) is 10.6 Å². The van der Waals surface area contributed by atoms with Gasteiger partial charge in [0.25, 0.3) is 5.91 Å². The lowest BCUT2D eigenvalue weighted by Crippen LogP contribution is -2.51. The molecule has 0 bridgehead atoms. The fourth-order valence-corrected chi connectivity index (χ4v) is 1.12. The predicted molar refractivity (Wildman–Crippen MR) is 61.3 cm³/mol. The largest absolute Gasteiger partial charge is 0.478 e. The van der Waals surface area contributed by atoms with Crippen molar-refractivity contribution >= 4 is 23.8 Å². The van der Waals surface area contributed by atoms with Crippen molar-refractivity contribution in [2.45, 2.75) is 25.8 Å². The highest BCUT2D eigenvalue weighted by Crippen LogP contribution is 2.06. The molecule has 0 fully saturated rings. The SMILES string of the molecule is CC(C)(CC(N)=O)NC(=O)NC(=O)/C=C/C(=O)O. The number of hydrogen-bond acceptors (Lipinski definition) is 4. The van der Waals surface area contributed by atoms with Crippen molar-refractivity contribution in [3.63, 3.8) is 0 Å². The number of urea groups is 1. The molecule has 8 heteroatoms. The van der Waals surface area contributed by atoms with E-state index in [2.05, 4.69) is 5.32 Å². The third kappa shape index (κ3) is 7.85. The van der Waals surface area contributed by atoms with Crippen LogP contribution in [0.3, 0.4) is 0 Å². The highest BCUT2D eigenvalue weighted by Gasteiger charge is 2.23. The first-order chi connectivity index (χ1) is 8.12. The summed E-state index contributed by atoms with van der Waals surface area (Å²) < 4.78 is 0. The summed E-state index contributed by atoms with van der Waals surface area (Å²) in [6.07, 6.45) is 1.19. The van der Waals surface area contributed by atoms with Crippen molar-refractivity contribution in [3.05, 3.63) is 12.2 Å². The molecular weight excluding hydrogens is 242 g/mol. The van der Waals surface area contributed by atoms with Gasteiger partial charge in [0.1, 0.15) is 0 Å². The average molecular weight is 257 g/mol. The number of aliphatic carboxylic acids is 1. The van der Waals surface area contributed by atoms with Crippen molar-refractivity contribution in [2.75, 3.05) is 0 Å². The number of nitrogens with two attached hydrogens (primary N) is 1. The maximum absolute atomic E-state index is 11.3. The van der Waals surface area contributed by atoms with E-state index in [1.165, 1.54) is 0 Å². The maximum atomic E-state index is 11.3. The Balaban J connectivity index is 4.31. The van der Waals surface area contributed by atoms with Gasteiger partial charge in [-0.1, -0.05) is 0 Å². The number of rotatable bonds is 5. The smallest absolute Gasteiger partial charge is 0.328 e. The van der Waals surface area contributed by atoms with Gasteiger partial charge < -0.3 is 16.2 Å². The molecule has 0 aliphatic carbocycles. The molecule has 0 unspecified atom stereocenters. The molecule has 0 aliphatic heterocycles. The summed E-state index contributed by atoms with van der Waals surface area (Å²) >= 11 is 0. The van der Waals surface area contributed by atoms with Crippen LogP contribution < -0.4 is 16.4 Å². The monoisotopic (exact) mass is 257 g/mol. The maximum Gasteiger partial charge on any atom is 0.328 e. The minimum Gasteiger partial charge on any atom is -0.478 e. The zero-order chi connectivity index (χ0) is 14.3. The fourth-order valence-electron chi connectivity index (χ4n) is 1.12. The van der Waals surface area contributed by atoms with Gasteiger partial charge in [-0.2, -0.15) is 0 Å². The summed E-state index contributed by atoms with van der Waals surface area (Å²) in [5.41, 5.74) is 4.07. The lowest BCUT2D eigenvalue weighted by atomic mass is 10.0. The number of nitrogens with one attached hydrogen (secondary N) is 2. The molecule has 0 atom stereocenters. The van der Waals surface area contributed by atoms with Crippen LogP contribution >= 0.6 is 0 Å². The van der Waals surface area contributed by atoms with Gasteiger partial charge in [0, 0.05) is 24.1 Å². The number of hydrogen-bond donors (Lipinski definition) is 4. The van der Waals surface area contributed by atoms with Crippen LogP contribution in [0.5, 0.6) is 0 Å². The zero-order valence-corrected chi connectivity index (χ0v) is 10.0. The topological polar surface area (TPSA) is 139 Å². The molecule has 0 aromatic rings. The minimum absolute atomic E-state index is 0.0976. The van der Waals surface area contributed by atoms with E-state index in [1.807, 2.05) is 5.32 Å². The van der Waals surface area contributed by atoms with Crippen LogP contribution in [0.25, 0.3) is 0 Å². The number of carboxylic acids is 1. The molecule has 0 heterocycles. The summed E-state index contributed by atoms with van der Waals surface area (Å²) in [5.74, 6) is -2.79. The normalized spacial score (nSPS) is 11.0. The Morgan fingerprint density at radius 3 is 2.22 bits per heavy atom. The second kappa shape index (κ2) is 6.38. The van der Waals surface area contributed by atoms with Gasteiger partial charge in [0.15, 0.2) is 0 Å². The van der Waals surface area contributed by atoms with Crippen molar-refractivity contribution in [1.29, 1.82) is 0 Å². The molecule has 18 heavy (non-hydrogen) atoms. The third-order valence-electron chi connectivity index (χ3n) is 1.68. The third-order valence-corrected chi connectivity index (χ3v) is 1.68. The van der Waals surface area contributed by atoms with E-state index in [-0.39, 0.29) is 6.42 Å². The van der Waals surface area contributed by atoms with Crippen molar-refractivity contribution < 1.29 is 24.3 Å². The van der Waals surface area contributed by atoms with E-state index in [9.17, 15) is 19.2 Å². The molecule has 0 saturated carbocycles. The van der Waals surface area contributed by atoms with E-state index in [0.717, 1.165) is 0 Å². The zero-order valence-electron chi connectivity index (χ0n) is 10.0. The van der Waals surface area contributed by atoms with Crippen LogP contribution in [0.2, 0.25) is 0 Å². The average Bonchev–Trinajstić information content (AvgIpc) is 2.10. The Morgan fingerprint density at radius 2 is 1.78 bits per heavy atom. The molecule has 0 radical (unpaired) electrons. The summed E-state index contributed by atoms with van der Waals surface area (Å²) in [6, 6.07) is -0.846. The highest BCUT2D eigenvalue weighted by molar-refractivity contribution is 6.02. The summed E-state index contributed by atoms with van der Waals surface area (Å²) in [7, 11) is 0. The van der Waals surface area contributed by atoms with E-state index in [4.69, 9.17) is 10.8 Å². The number of carbonyl (C=O) groups is 4. The lowest BCUT2D eigenvalue weighted by molar-refractivity contribution is -0.131. The first kappa shape index (κ1) is 15.6. The highest BCUT2D eigenvalue weighted by atomic mass is 16.4. The molecule has 4 amide bonds. The van der Waals surface area contributed by atoms with Crippen LogP contribution in [-0.2, 0) is 14.4 Å². The lowest BCUT2D eigenvalue weighted by Gasteiger charge is -2.24. The number of imide groups is 1. The molecule has 0 aliphatic rings. The molecule has 0 spiro atoms. The van der Waals surface area contributed by atoms with Crippen LogP contribution in [0.15, 0.2) is 12.2 Å². The standard InChI is InChI=1S/C10H15N3O5/c1-10(2,5-6(11)14)13-9(18)12-7(15)3-4-8(16)17/h3-4H,5H2,1-2H3,(H2,11,14)(H,16,17)(H2,12,13,15,18)/b4-3+. The first-order valence-corrected chi connectivity index (χ1v) is 4.95. The number of primary amides is 1. The Bertz CT molecular complexity index is 400. The van der Waals surface area contributed by atoms with E-state index in [0.29, 0.717) is 12.2 Å². The molecule has 5 N–H and O–H groups in total. The van der Waals surface area contributed by atoms with Gasteiger partial charge in [0.2, 0.25) is 5.91 Å². The molecule has 8 nitrogen and oxygen atoms in total. The Labute approximate surface area is 103 Å². The summed E-state index contributed by atoms with van der Waals surface area (Å²) in [6.45, 7) is 3.10. The minimum atomic E-state index is -1.31. The molecule has 100 valence electrons. The summed E-state index contributed by atoms with van der Waals surface area (Å²) in [4.78, 5) is 43.2. The van der Waals surface area contributed by atoms with Crippen LogP contribution in [0.1, 0.15) is 20.3 Å². The molecule has 0 saturated heterocycles. The van der Waals surface area contributed by atoms with E-state index in [1.54, 1.807) is 13.8 Å². The van der Waals surface area contributed by atoms with Crippen LogP contribution in [-0.4, -0.2) is 34.5 Å². The second-order valence-electron chi connectivity index (χ2n) is 4.14. The summed E-state index contributed by atoms with van der Waals surface area (Å²) in [5, 5.41) is 12.5. The van der Waals surface area contributed by atoms with Gasteiger partial charge in [0.05, 0.1) is 0 Å². The Hall–Kier alpha value is -2.38. The fraction of sp³-hybridized carbons (Fsp3) is 0.400. The van der Waals surface area contributed by atoms with Gasteiger partial charge >= 0.3 is 12.0 Å². The van der Waals surface area contributed by atoms with Gasteiger partial charge in [-0.25, -0.2) is 9.59 Å². The number of amides is 4. The first-order valence-electron chi connectivity index (χ1n) is 4.95. The Morgan fingerprint density at radius 1 is 1.22 bits per heavy atom. The predicted octanol–water partition coefficient (Wildman–Crippen LogP) is -0.893. The molecular formula is C10H15N3O5. The van der Waals surface area contributed by atoms with E-state index < -0.39 is 29.4 Å². The Kier molecular flexibility index (Phi) is 5.54. The molecule has 0 rings (SSSR count). The molecule has 0 aromatic carbocycles. The van der Waals surface area contributed by atoms with Crippen LogP contribution in [0.4, 0.5) is 4.79 Å². The van der Waals surface area contributed by atoms with Gasteiger partial charge in [-0.05, 0) is 13.8 Å². The van der Waals surface area contributed by atoms with Crippen LogP contribution in [0, 0.1) is 0 Å². The number of carboxylic acid groups (broad SMARTS) is 1. The second-order valence-corrected chi connectivity index (χ2v) is 4.14. The van der Waals surface area contributed by atoms with E-state index >= 15 is 0 Å².